The third-order valence-corrected chi connectivity index (χ3v) is 1.41. The average molecular weight is 334 g/mol. The molecule has 0 unspecified atom stereocenters. The molecule has 0 rings (SSSR count). The average Bonchev–Trinajstić information content (AvgIpc) is 2.01. The first-order chi connectivity index (χ1) is 6.13. The van der Waals surface area contributed by atoms with Crippen LogP contribution in [0.5, 0.6) is 0 Å². The number of amides is 2. The number of nitrogens with one attached hydrogen (secondary N) is 2. The quantitative estimate of drug-likeness (QED) is 0.537. The summed E-state index contributed by atoms with van der Waals surface area (Å²) in [7, 11) is 0. The van der Waals surface area contributed by atoms with E-state index in [1.807, 2.05) is 0 Å². The van der Waals surface area contributed by atoms with Crippen molar-refractivity contribution in [1.82, 2.24) is 10.6 Å². The Morgan fingerprint density at radius 2 is 1.21 bits per heavy atom. The number of carboxylic acid groups (broad SMARTS) is 2. The number of unbranched alkanes of at least 4 members (excludes halogenated alkanes) is 2. The van der Waals surface area contributed by atoms with Gasteiger partial charge >= 0.3 is 12.2 Å². The number of carbonyl (C=O) groups is 2. The first-order valence-corrected chi connectivity index (χ1v) is 4.06. The van der Waals surface area contributed by atoms with Gasteiger partial charge in [-0.1, -0.05) is 0 Å². The molecule has 0 saturated carbocycles. The molecule has 4 N–H and O–H groups in total. The first kappa shape index (κ1) is 16.3. The van der Waals surface area contributed by atoms with Gasteiger partial charge in [0.2, 0.25) is 0 Å². The minimum absolute atomic E-state index is 0. The standard InChI is InChI=1S/C7H14N2O4.Nd/c10-6(11)8-4-2-1-3-5-9-7(12)13;/h8-9H,1-5H2,(H,10,11)(H,12,13);. The molecule has 14 heavy (non-hydrogen) atoms. The van der Waals surface area contributed by atoms with Crippen molar-refractivity contribution in [2.45, 2.75) is 19.3 Å². The fraction of sp³-hybridized carbons (Fsp3) is 0.714. The SMILES string of the molecule is O=C(O)NCCCCCNC(=O)O.[Nd]. The van der Waals surface area contributed by atoms with E-state index in [-0.39, 0.29) is 40.8 Å². The molecule has 2 amide bonds. The first-order valence-electron chi connectivity index (χ1n) is 4.06. The number of rotatable bonds is 6. The van der Waals surface area contributed by atoms with Gasteiger partial charge in [0.1, 0.15) is 0 Å². The van der Waals surface area contributed by atoms with E-state index in [4.69, 9.17) is 10.2 Å². The molecular formula is C7H14N2NdO4. The molecule has 0 bridgehead atoms. The van der Waals surface area contributed by atoms with Gasteiger partial charge in [0, 0.05) is 53.9 Å². The molecule has 0 radical (unpaired) electrons. The molecule has 0 aromatic heterocycles. The van der Waals surface area contributed by atoms with Crippen LogP contribution in [0.1, 0.15) is 19.3 Å². The Labute approximate surface area is 115 Å². The predicted molar refractivity (Wildman–Crippen MR) is 45.9 cm³/mol. The van der Waals surface area contributed by atoms with Crippen LogP contribution in [0, 0.1) is 40.8 Å². The topological polar surface area (TPSA) is 98.7 Å². The molecule has 0 atom stereocenters. The summed E-state index contributed by atoms with van der Waals surface area (Å²) in [5, 5.41) is 20.8. The van der Waals surface area contributed by atoms with Crippen molar-refractivity contribution in [3.63, 3.8) is 0 Å². The summed E-state index contributed by atoms with van der Waals surface area (Å²) >= 11 is 0. The van der Waals surface area contributed by atoms with Crippen LogP contribution in [0.3, 0.4) is 0 Å². The smallest absolute Gasteiger partial charge is 0.404 e. The minimum Gasteiger partial charge on any atom is -0.465 e. The van der Waals surface area contributed by atoms with Crippen LogP contribution in [-0.4, -0.2) is 35.5 Å². The summed E-state index contributed by atoms with van der Waals surface area (Å²) in [5.41, 5.74) is 0. The van der Waals surface area contributed by atoms with Gasteiger partial charge < -0.3 is 20.8 Å². The zero-order valence-electron chi connectivity index (χ0n) is 7.75. The molecule has 0 fully saturated rings. The van der Waals surface area contributed by atoms with E-state index in [9.17, 15) is 9.59 Å². The van der Waals surface area contributed by atoms with Gasteiger partial charge in [0.25, 0.3) is 0 Å². The van der Waals surface area contributed by atoms with Crippen LogP contribution in [0.4, 0.5) is 9.59 Å². The largest absolute Gasteiger partial charge is 0.465 e. The molecule has 7 heteroatoms. The van der Waals surface area contributed by atoms with E-state index in [2.05, 4.69) is 10.6 Å². The van der Waals surface area contributed by atoms with Gasteiger partial charge in [0.15, 0.2) is 0 Å². The van der Waals surface area contributed by atoms with Crippen LogP contribution in [0.2, 0.25) is 0 Å². The maximum atomic E-state index is 9.98. The molecule has 0 aliphatic heterocycles. The van der Waals surface area contributed by atoms with Crippen molar-refractivity contribution in [3.8, 4) is 0 Å². The van der Waals surface area contributed by atoms with Crippen molar-refractivity contribution in [3.05, 3.63) is 0 Å². The molecule has 0 aliphatic rings. The normalized spacial score (nSPS) is 8.57. The third kappa shape index (κ3) is 14.4. The zero-order valence-corrected chi connectivity index (χ0v) is 11.0. The zero-order chi connectivity index (χ0) is 10.1. The molecule has 0 aliphatic carbocycles. The number of hydrogen-bond donors (Lipinski definition) is 4. The van der Waals surface area contributed by atoms with Crippen molar-refractivity contribution in [2.24, 2.45) is 0 Å². The van der Waals surface area contributed by atoms with Crippen LogP contribution >= 0.6 is 0 Å². The Morgan fingerprint density at radius 1 is 0.857 bits per heavy atom. The Morgan fingerprint density at radius 3 is 1.50 bits per heavy atom. The van der Waals surface area contributed by atoms with Crippen molar-refractivity contribution in [2.75, 3.05) is 13.1 Å². The van der Waals surface area contributed by atoms with E-state index in [1.165, 1.54) is 0 Å². The van der Waals surface area contributed by atoms with Crippen LogP contribution in [-0.2, 0) is 0 Å². The van der Waals surface area contributed by atoms with E-state index in [1.54, 1.807) is 0 Å². The summed E-state index contributed by atoms with van der Waals surface area (Å²) in [6.07, 6.45) is 0.217. The van der Waals surface area contributed by atoms with Gasteiger partial charge in [-0.3, -0.25) is 0 Å². The van der Waals surface area contributed by atoms with Gasteiger partial charge in [-0.05, 0) is 19.3 Å². The molecule has 80 valence electrons. The Kier molecular flexibility index (Phi) is 12.8. The third-order valence-electron chi connectivity index (χ3n) is 1.41. The fourth-order valence-electron chi connectivity index (χ4n) is 0.817. The van der Waals surface area contributed by atoms with Crippen LogP contribution in [0.15, 0.2) is 0 Å². The summed E-state index contributed by atoms with van der Waals surface area (Å²) in [4.78, 5) is 20.0. The van der Waals surface area contributed by atoms with E-state index in [0.29, 0.717) is 13.1 Å². The molecule has 0 spiro atoms. The maximum absolute atomic E-state index is 9.98. The second-order valence-electron chi connectivity index (χ2n) is 2.52. The molecule has 0 saturated heterocycles. The van der Waals surface area contributed by atoms with E-state index in [0.717, 1.165) is 19.3 Å². The fourth-order valence-corrected chi connectivity index (χ4v) is 0.817. The number of hydrogen-bond acceptors (Lipinski definition) is 2. The second kappa shape index (κ2) is 11.0. The van der Waals surface area contributed by atoms with E-state index < -0.39 is 12.2 Å². The summed E-state index contributed by atoms with van der Waals surface area (Å²) in [6.45, 7) is 0.838. The Balaban J connectivity index is 0. The van der Waals surface area contributed by atoms with Crippen LogP contribution < -0.4 is 10.6 Å². The molecular weight excluding hydrogens is 320 g/mol. The Bertz CT molecular complexity index is 159. The summed E-state index contributed by atoms with van der Waals surface area (Å²) < 4.78 is 0. The Hall–Kier alpha value is -0.109. The molecule has 6 nitrogen and oxygen atoms in total. The summed E-state index contributed by atoms with van der Waals surface area (Å²) in [5.74, 6) is 0. The van der Waals surface area contributed by atoms with Crippen molar-refractivity contribution < 1.29 is 60.6 Å². The maximum Gasteiger partial charge on any atom is 0.404 e. The van der Waals surface area contributed by atoms with Gasteiger partial charge in [-0.2, -0.15) is 0 Å². The predicted octanol–water partition coefficient (Wildman–Crippen LogP) is 0.692. The van der Waals surface area contributed by atoms with E-state index >= 15 is 0 Å². The molecule has 0 aromatic carbocycles. The van der Waals surface area contributed by atoms with Gasteiger partial charge in [-0.25, -0.2) is 9.59 Å². The molecule has 0 heterocycles. The van der Waals surface area contributed by atoms with Crippen LogP contribution in [0.25, 0.3) is 0 Å². The van der Waals surface area contributed by atoms with Crippen molar-refractivity contribution >= 4 is 12.2 Å². The second-order valence-corrected chi connectivity index (χ2v) is 2.52. The molecule has 0 aromatic rings. The van der Waals surface area contributed by atoms with Gasteiger partial charge in [0.05, 0.1) is 0 Å². The monoisotopic (exact) mass is 332 g/mol. The minimum atomic E-state index is -1.02. The van der Waals surface area contributed by atoms with Gasteiger partial charge in [-0.15, -0.1) is 0 Å². The van der Waals surface area contributed by atoms with Crippen molar-refractivity contribution in [1.29, 1.82) is 0 Å². The summed E-state index contributed by atoms with van der Waals surface area (Å²) in [6, 6.07) is 0.